The first-order chi connectivity index (χ1) is 4.56. The van der Waals surface area contributed by atoms with Crippen LogP contribution in [0.3, 0.4) is 0 Å². The molecule has 0 aliphatic carbocycles. The first-order valence-corrected chi connectivity index (χ1v) is 3.21. The van der Waals surface area contributed by atoms with Crippen LogP contribution in [-0.2, 0) is 14.3 Å². The van der Waals surface area contributed by atoms with E-state index in [1.165, 1.54) is 0 Å². The second kappa shape index (κ2) is 2.08. The lowest BCUT2D eigenvalue weighted by Crippen LogP contribution is -2.25. The number of esters is 1. The molecular formula is C7H10O3. The zero-order valence-electron chi connectivity index (χ0n) is 6.09. The molecule has 0 amide bonds. The molecule has 0 spiro atoms. The van der Waals surface area contributed by atoms with Crippen molar-refractivity contribution in [3.63, 3.8) is 0 Å². The molecule has 1 atom stereocenters. The molecule has 1 heterocycles. The predicted octanol–water partition coefficient (Wildman–Crippen LogP) is 0.527. The van der Waals surface area contributed by atoms with Crippen molar-refractivity contribution in [2.45, 2.75) is 26.4 Å². The summed E-state index contributed by atoms with van der Waals surface area (Å²) in [6, 6.07) is 0. The molecule has 1 aliphatic rings. The molecule has 0 saturated carbocycles. The number of cyclic esters (lactones) is 1. The van der Waals surface area contributed by atoms with Gasteiger partial charge in [0.25, 0.3) is 0 Å². The summed E-state index contributed by atoms with van der Waals surface area (Å²) in [5.41, 5.74) is -0.307. The third kappa shape index (κ3) is 1.03. The lowest BCUT2D eigenvalue weighted by atomic mass is 9.86. The van der Waals surface area contributed by atoms with Gasteiger partial charge in [0, 0.05) is 5.41 Å². The quantitative estimate of drug-likeness (QED) is 0.396. The Kier molecular flexibility index (Phi) is 1.50. The summed E-state index contributed by atoms with van der Waals surface area (Å²) in [6.45, 7) is 3.69. The molecular weight excluding hydrogens is 132 g/mol. The molecule has 0 bridgehead atoms. The molecule has 1 rings (SSSR count). The normalized spacial score (nSPS) is 29.8. The average Bonchev–Trinajstić information content (AvgIpc) is 2.04. The molecule has 56 valence electrons. The third-order valence-electron chi connectivity index (χ3n) is 1.75. The van der Waals surface area contributed by atoms with Crippen LogP contribution < -0.4 is 0 Å². The van der Waals surface area contributed by atoms with Crippen LogP contribution in [0.25, 0.3) is 0 Å². The van der Waals surface area contributed by atoms with Crippen LogP contribution in [0.1, 0.15) is 20.3 Å². The van der Waals surface area contributed by atoms with Crippen molar-refractivity contribution in [1.29, 1.82) is 0 Å². The van der Waals surface area contributed by atoms with E-state index in [9.17, 15) is 9.59 Å². The summed E-state index contributed by atoms with van der Waals surface area (Å²) in [7, 11) is 0. The Morgan fingerprint density at radius 1 is 1.70 bits per heavy atom. The summed E-state index contributed by atoms with van der Waals surface area (Å²) >= 11 is 0. The van der Waals surface area contributed by atoms with Crippen molar-refractivity contribution in [1.82, 2.24) is 0 Å². The number of aldehydes is 1. The van der Waals surface area contributed by atoms with E-state index in [-0.39, 0.29) is 11.4 Å². The molecule has 1 aliphatic heterocycles. The molecule has 0 radical (unpaired) electrons. The van der Waals surface area contributed by atoms with Gasteiger partial charge in [-0.25, -0.2) is 0 Å². The maximum Gasteiger partial charge on any atom is 0.307 e. The van der Waals surface area contributed by atoms with Crippen molar-refractivity contribution in [3.05, 3.63) is 0 Å². The second-order valence-corrected chi connectivity index (χ2v) is 3.21. The van der Waals surface area contributed by atoms with Gasteiger partial charge in [0.1, 0.15) is 0 Å². The molecule has 10 heavy (non-hydrogen) atoms. The van der Waals surface area contributed by atoms with Gasteiger partial charge in [0.2, 0.25) is 0 Å². The van der Waals surface area contributed by atoms with Crippen LogP contribution in [0.15, 0.2) is 0 Å². The second-order valence-electron chi connectivity index (χ2n) is 3.21. The summed E-state index contributed by atoms with van der Waals surface area (Å²) < 4.78 is 4.72. The standard InChI is InChI=1S/C7H10O3/c1-7(2)3-6(9)10-5(7)4-8/h4-5H,3H2,1-2H3. The Hall–Kier alpha value is -0.860. The maximum atomic E-state index is 10.6. The van der Waals surface area contributed by atoms with Gasteiger partial charge in [0.05, 0.1) is 6.42 Å². The fourth-order valence-corrected chi connectivity index (χ4v) is 1.03. The average molecular weight is 142 g/mol. The zero-order valence-corrected chi connectivity index (χ0v) is 6.09. The van der Waals surface area contributed by atoms with Gasteiger partial charge in [-0.15, -0.1) is 0 Å². The number of carbonyl (C=O) groups excluding carboxylic acids is 2. The van der Waals surface area contributed by atoms with Crippen LogP contribution in [0, 0.1) is 5.41 Å². The summed E-state index contributed by atoms with van der Waals surface area (Å²) in [5.74, 6) is -0.276. The lowest BCUT2D eigenvalue weighted by molar-refractivity contribution is -0.144. The van der Waals surface area contributed by atoms with Gasteiger partial charge in [-0.05, 0) is 0 Å². The maximum absolute atomic E-state index is 10.6. The molecule has 1 fully saturated rings. The number of carbonyl (C=O) groups is 2. The third-order valence-corrected chi connectivity index (χ3v) is 1.75. The minimum atomic E-state index is -0.542. The molecule has 3 heteroatoms. The summed E-state index contributed by atoms with van der Waals surface area (Å²) in [5, 5.41) is 0. The van der Waals surface area contributed by atoms with Crippen molar-refractivity contribution in [3.8, 4) is 0 Å². The zero-order chi connectivity index (χ0) is 7.78. The van der Waals surface area contributed by atoms with Crippen molar-refractivity contribution < 1.29 is 14.3 Å². The number of hydrogen-bond donors (Lipinski definition) is 0. The van der Waals surface area contributed by atoms with Gasteiger partial charge >= 0.3 is 5.97 Å². The Balaban J connectivity index is 2.76. The fraction of sp³-hybridized carbons (Fsp3) is 0.714. The molecule has 1 saturated heterocycles. The molecule has 0 N–H and O–H groups in total. The largest absolute Gasteiger partial charge is 0.454 e. The number of ether oxygens (including phenoxy) is 1. The highest BCUT2D eigenvalue weighted by molar-refractivity contribution is 5.78. The molecule has 0 aromatic carbocycles. The van der Waals surface area contributed by atoms with Gasteiger partial charge in [0.15, 0.2) is 12.4 Å². The predicted molar refractivity (Wildman–Crippen MR) is 34.3 cm³/mol. The van der Waals surface area contributed by atoms with Crippen LogP contribution in [0.4, 0.5) is 0 Å². The van der Waals surface area contributed by atoms with Crippen LogP contribution in [0.5, 0.6) is 0 Å². The van der Waals surface area contributed by atoms with E-state index in [4.69, 9.17) is 4.74 Å². The van der Waals surface area contributed by atoms with E-state index in [0.29, 0.717) is 12.7 Å². The van der Waals surface area contributed by atoms with Crippen molar-refractivity contribution in [2.24, 2.45) is 5.41 Å². The van der Waals surface area contributed by atoms with Gasteiger partial charge in [-0.1, -0.05) is 13.8 Å². The Morgan fingerprint density at radius 3 is 2.50 bits per heavy atom. The smallest absolute Gasteiger partial charge is 0.307 e. The first kappa shape index (κ1) is 7.25. The van der Waals surface area contributed by atoms with E-state index in [0.717, 1.165) is 0 Å². The minimum absolute atomic E-state index is 0.276. The van der Waals surface area contributed by atoms with E-state index >= 15 is 0 Å². The highest BCUT2D eigenvalue weighted by atomic mass is 16.6. The van der Waals surface area contributed by atoms with Crippen molar-refractivity contribution >= 4 is 12.3 Å². The van der Waals surface area contributed by atoms with Crippen molar-refractivity contribution in [2.75, 3.05) is 0 Å². The SMILES string of the molecule is CC1(C)CC(=O)OC1C=O. The summed E-state index contributed by atoms with van der Waals surface area (Å²) in [6.07, 6.45) is 0.487. The van der Waals surface area contributed by atoms with Gasteiger partial charge in [-0.2, -0.15) is 0 Å². The molecule has 3 nitrogen and oxygen atoms in total. The van der Waals surface area contributed by atoms with E-state index in [1.807, 2.05) is 13.8 Å². The Morgan fingerprint density at radius 2 is 2.30 bits per heavy atom. The molecule has 0 aromatic rings. The molecule has 1 unspecified atom stereocenters. The Bertz CT molecular complexity index is 172. The Labute approximate surface area is 59.4 Å². The lowest BCUT2D eigenvalue weighted by Gasteiger charge is -2.17. The van der Waals surface area contributed by atoms with Gasteiger partial charge in [-0.3, -0.25) is 9.59 Å². The van der Waals surface area contributed by atoms with Crippen LogP contribution in [-0.4, -0.2) is 18.4 Å². The van der Waals surface area contributed by atoms with E-state index in [1.54, 1.807) is 0 Å². The van der Waals surface area contributed by atoms with E-state index < -0.39 is 6.10 Å². The van der Waals surface area contributed by atoms with E-state index in [2.05, 4.69) is 0 Å². The van der Waals surface area contributed by atoms with Gasteiger partial charge < -0.3 is 4.74 Å². The monoisotopic (exact) mass is 142 g/mol. The highest BCUT2D eigenvalue weighted by Gasteiger charge is 2.41. The number of hydrogen-bond acceptors (Lipinski definition) is 3. The summed E-state index contributed by atoms with van der Waals surface area (Å²) in [4.78, 5) is 20.9. The number of rotatable bonds is 1. The first-order valence-electron chi connectivity index (χ1n) is 3.21. The highest BCUT2D eigenvalue weighted by Crippen LogP contribution is 2.33. The topological polar surface area (TPSA) is 43.4 Å². The van der Waals surface area contributed by atoms with Crippen LogP contribution in [0.2, 0.25) is 0 Å². The molecule has 0 aromatic heterocycles. The minimum Gasteiger partial charge on any atom is -0.454 e. The fourth-order valence-electron chi connectivity index (χ4n) is 1.03. The van der Waals surface area contributed by atoms with Crippen LogP contribution >= 0.6 is 0 Å².